The van der Waals surface area contributed by atoms with E-state index in [1.165, 1.54) is 24.0 Å². The highest BCUT2D eigenvalue weighted by molar-refractivity contribution is 8.28. The van der Waals surface area contributed by atoms with Crippen LogP contribution in [0, 0.1) is 0 Å². The molecule has 0 fully saturated rings. The normalized spacial score (nSPS) is 27.2. The fourth-order valence-corrected chi connectivity index (χ4v) is 18.8. The van der Waals surface area contributed by atoms with Crippen molar-refractivity contribution in [3.63, 3.8) is 0 Å². The van der Waals surface area contributed by atoms with Gasteiger partial charge in [-0.1, -0.05) is 0 Å². The third-order valence-electron chi connectivity index (χ3n) is 7.70. The Balaban J connectivity index is 1.58. The second-order valence-electron chi connectivity index (χ2n) is 9.38. The molecule has 0 bridgehead atoms. The van der Waals surface area contributed by atoms with Gasteiger partial charge in [-0.3, -0.25) is 0 Å². The van der Waals surface area contributed by atoms with E-state index in [9.17, 15) is 0 Å². The third-order valence-corrected chi connectivity index (χ3v) is 23.1. The predicted molar refractivity (Wildman–Crippen MR) is 200 cm³/mol. The van der Waals surface area contributed by atoms with E-state index in [0.29, 0.717) is 14.3 Å². The molecule has 0 amide bonds. The average Bonchev–Trinajstić information content (AvgIpc) is 2.94. The molecule has 2 nitrogen and oxygen atoms in total. The largest absolute Gasteiger partial charge is 0.332 e. The van der Waals surface area contributed by atoms with Crippen molar-refractivity contribution in [1.29, 1.82) is 0 Å². The van der Waals surface area contributed by atoms with Gasteiger partial charge >= 0.3 is 0 Å². The zero-order chi connectivity index (χ0) is 27.7. The van der Waals surface area contributed by atoms with Crippen LogP contribution in [0.2, 0.25) is 0 Å². The maximum Gasteiger partial charge on any atom is 0.175 e. The van der Waals surface area contributed by atoms with Crippen molar-refractivity contribution in [2.24, 2.45) is 0 Å². The summed E-state index contributed by atoms with van der Waals surface area (Å²) in [6, 6.07) is 13.9. The smallest absolute Gasteiger partial charge is 0.175 e. The molecule has 0 radical (unpaired) electrons. The van der Waals surface area contributed by atoms with Gasteiger partial charge in [0.1, 0.15) is 0 Å². The SMILES string of the molecule is CSC1CC(SC)(SC)c2cc(NC(=S)Nc3ccc4c(c3)C(SC)(SC)CC(SC)[SH]4C)ccc2[SH]1C. The van der Waals surface area contributed by atoms with Gasteiger partial charge in [-0.05, 0) is 132 Å². The molecule has 0 aromatic heterocycles. The Morgan fingerprint density at radius 3 is 1.39 bits per heavy atom. The molecule has 0 aliphatic carbocycles. The highest BCUT2D eigenvalue weighted by Crippen LogP contribution is 2.64. The molecule has 2 aliphatic heterocycles. The minimum Gasteiger partial charge on any atom is -0.332 e. The lowest BCUT2D eigenvalue weighted by Gasteiger charge is -2.45. The van der Waals surface area contributed by atoms with Crippen LogP contribution in [0.1, 0.15) is 24.0 Å². The number of rotatable bonds is 8. The van der Waals surface area contributed by atoms with Crippen molar-refractivity contribution in [3.8, 4) is 0 Å². The molecule has 0 saturated heterocycles. The number of nitrogens with one attached hydrogen (secondary N) is 2. The molecule has 4 rings (SSSR count). The Bertz CT molecular complexity index is 1060. The van der Waals surface area contributed by atoms with Crippen molar-refractivity contribution in [3.05, 3.63) is 47.5 Å². The number of benzene rings is 2. The second kappa shape index (κ2) is 13.5. The lowest BCUT2D eigenvalue weighted by Crippen LogP contribution is -2.29. The summed E-state index contributed by atoms with van der Waals surface area (Å²) in [6.45, 7) is 0. The van der Waals surface area contributed by atoms with Gasteiger partial charge in [0.05, 0.1) is 8.16 Å². The number of hydrogen-bond donors (Lipinski definition) is 4. The van der Waals surface area contributed by atoms with E-state index in [2.05, 4.69) is 97.1 Å². The van der Waals surface area contributed by atoms with Crippen LogP contribution in [0.5, 0.6) is 0 Å². The van der Waals surface area contributed by atoms with Gasteiger partial charge in [-0.25, -0.2) is 21.8 Å². The van der Waals surface area contributed by atoms with Gasteiger partial charge in [-0.2, -0.15) is 23.5 Å². The molecule has 38 heavy (non-hydrogen) atoms. The predicted octanol–water partition coefficient (Wildman–Crippen LogP) is 9.42. The van der Waals surface area contributed by atoms with E-state index in [1.807, 2.05) is 70.6 Å². The zero-order valence-electron chi connectivity index (χ0n) is 23.3. The van der Waals surface area contributed by atoms with Gasteiger partial charge in [0.2, 0.25) is 0 Å². The second-order valence-corrected chi connectivity index (χ2v) is 22.2. The Morgan fingerprint density at radius 1 is 0.711 bits per heavy atom. The number of fused-ring (bicyclic) bond motifs is 2. The molecule has 0 saturated carbocycles. The van der Waals surface area contributed by atoms with Crippen LogP contribution in [-0.2, 0) is 8.16 Å². The Kier molecular flexibility index (Phi) is 11.3. The lowest BCUT2D eigenvalue weighted by molar-refractivity contribution is 0.784. The van der Waals surface area contributed by atoms with Crippen LogP contribution in [0.25, 0.3) is 0 Å². The van der Waals surface area contributed by atoms with Crippen LogP contribution >= 0.6 is 105 Å². The summed E-state index contributed by atoms with van der Waals surface area (Å²) in [4.78, 5) is 3.08. The molecular weight excluding hydrogens is 641 g/mol. The van der Waals surface area contributed by atoms with Crippen LogP contribution in [0.15, 0.2) is 46.2 Å². The molecular formula is C27H40N2S9. The third kappa shape index (κ3) is 6.03. The summed E-state index contributed by atoms with van der Waals surface area (Å²) in [7, 11) is -0.367. The first-order valence-corrected chi connectivity index (χ1v) is 23.9. The lowest BCUT2D eigenvalue weighted by atomic mass is 10.1. The van der Waals surface area contributed by atoms with Gasteiger partial charge in [0, 0.05) is 20.5 Å². The number of thiol groups is 2. The number of hydrogen-bond acceptors (Lipinski definition) is 7. The van der Waals surface area contributed by atoms with Gasteiger partial charge in [0.15, 0.2) is 5.11 Å². The molecule has 2 aromatic carbocycles. The molecule has 2 aliphatic rings. The summed E-state index contributed by atoms with van der Waals surface area (Å²) in [5, 5.41) is 7.68. The molecule has 212 valence electrons. The van der Waals surface area contributed by atoms with Crippen molar-refractivity contribution in [2.75, 3.05) is 60.7 Å². The first-order chi connectivity index (χ1) is 18.2. The monoisotopic (exact) mass is 680 g/mol. The van der Waals surface area contributed by atoms with Crippen molar-refractivity contribution in [1.82, 2.24) is 0 Å². The molecule has 2 N–H and O–H groups in total. The number of anilines is 2. The van der Waals surface area contributed by atoms with Crippen molar-refractivity contribution >= 4 is 121 Å². The summed E-state index contributed by atoms with van der Waals surface area (Å²) in [5.41, 5.74) is 5.09. The molecule has 4 unspecified atom stereocenters. The number of thioether (sulfide) groups is 6. The summed E-state index contributed by atoms with van der Waals surface area (Å²) >= 11 is 17.8. The summed E-state index contributed by atoms with van der Waals surface area (Å²) < 4.78 is 1.59. The Hall–Kier alpha value is 0.930. The van der Waals surface area contributed by atoms with Gasteiger partial charge in [0.25, 0.3) is 0 Å². The van der Waals surface area contributed by atoms with E-state index in [0.717, 1.165) is 11.4 Å². The minimum absolute atomic E-state index is 0.0925. The van der Waals surface area contributed by atoms with Crippen LogP contribution in [-0.4, -0.2) is 64.3 Å². The van der Waals surface area contributed by atoms with Crippen molar-refractivity contribution in [2.45, 2.75) is 40.0 Å². The van der Waals surface area contributed by atoms with E-state index in [-0.39, 0.29) is 29.9 Å². The van der Waals surface area contributed by atoms with E-state index in [4.69, 9.17) is 12.2 Å². The van der Waals surface area contributed by atoms with Gasteiger partial charge < -0.3 is 10.6 Å². The fourth-order valence-electron chi connectivity index (χ4n) is 5.43. The van der Waals surface area contributed by atoms with Crippen LogP contribution < -0.4 is 10.6 Å². The van der Waals surface area contributed by atoms with Crippen LogP contribution in [0.3, 0.4) is 0 Å². The van der Waals surface area contributed by atoms with Gasteiger partial charge in [-0.15, -0.1) is 47.0 Å². The standard InChI is InChI=1S/C27H40N2S9/c1-31-23-15-26(33-3,34-4)19-13-17(9-11-21(19)37(23)7)28-25(30)29-18-10-12-22-20(14-18)27(35-5,36-6)16-24(32-2)38(22)8/h9-14,23-24,37-38H,15-16H2,1-8H3,(H2,28,29,30). The number of thiocarbonyl (C=S) groups is 1. The highest BCUT2D eigenvalue weighted by Gasteiger charge is 2.43. The van der Waals surface area contributed by atoms with Crippen molar-refractivity contribution < 1.29 is 0 Å². The molecule has 0 spiro atoms. The quantitative estimate of drug-likeness (QED) is 0.123. The first kappa shape index (κ1) is 31.9. The first-order valence-electron chi connectivity index (χ1n) is 12.3. The van der Waals surface area contributed by atoms with E-state index < -0.39 is 0 Å². The minimum atomic E-state index is -0.183. The summed E-state index contributed by atoms with van der Waals surface area (Å²) in [5.74, 6) is 0. The molecule has 4 atom stereocenters. The van der Waals surface area contributed by atoms with E-state index in [1.54, 1.807) is 9.79 Å². The molecule has 11 heteroatoms. The summed E-state index contributed by atoms with van der Waals surface area (Å²) in [6.07, 6.45) is 20.9. The topological polar surface area (TPSA) is 24.1 Å². The maximum absolute atomic E-state index is 5.84. The molecule has 2 heterocycles. The average molecular weight is 681 g/mol. The molecule has 2 aromatic rings. The Labute approximate surface area is 266 Å². The Morgan fingerprint density at radius 2 is 1.08 bits per heavy atom. The maximum atomic E-state index is 5.84. The highest BCUT2D eigenvalue weighted by atomic mass is 32.3. The zero-order valence-corrected chi connectivity index (χ0v) is 30.8. The fraction of sp³-hybridized carbons (Fsp3) is 0.519. The van der Waals surface area contributed by atoms with Crippen LogP contribution in [0.4, 0.5) is 11.4 Å². The van der Waals surface area contributed by atoms with E-state index >= 15 is 0 Å².